The van der Waals surface area contributed by atoms with Crippen LogP contribution in [0.15, 0.2) is 24.3 Å². The zero-order chi connectivity index (χ0) is 18.5. The van der Waals surface area contributed by atoms with E-state index in [0.29, 0.717) is 6.42 Å². The molecule has 0 radical (unpaired) electrons. The third-order valence-electron chi connectivity index (χ3n) is 2.93. The van der Waals surface area contributed by atoms with Gasteiger partial charge in [-0.2, -0.15) is 0 Å². The van der Waals surface area contributed by atoms with Crippen molar-refractivity contribution in [3.8, 4) is 5.75 Å². The zero-order valence-corrected chi connectivity index (χ0v) is 12.2. The predicted molar refractivity (Wildman–Crippen MR) is 82.6 cm³/mol. The molecule has 1 atom stereocenters. The smallest absolute Gasteiger partial charge is 0.303 e. The van der Waals surface area contributed by atoms with Gasteiger partial charge >= 0.3 is 5.97 Å². The molecule has 0 bridgehead atoms. The first-order valence-corrected chi connectivity index (χ1v) is 6.21. The zero-order valence-electron chi connectivity index (χ0n) is 16.4. The van der Waals surface area contributed by atoms with Crippen molar-refractivity contribution in [2.75, 3.05) is 13.0 Å². The van der Waals surface area contributed by atoms with E-state index < -0.39 is 25.4 Å². The van der Waals surface area contributed by atoms with E-state index in [0.717, 1.165) is 5.56 Å². The lowest BCUT2D eigenvalue weighted by Crippen LogP contribution is -2.35. The highest BCUT2D eigenvalue weighted by Gasteiger charge is 2.12. The van der Waals surface area contributed by atoms with E-state index in [9.17, 15) is 9.90 Å². The predicted octanol–water partition coefficient (Wildman–Crippen LogP) is 2.93. The lowest BCUT2D eigenvalue weighted by Gasteiger charge is -2.27. The third kappa shape index (κ3) is 6.78. The third-order valence-corrected chi connectivity index (χ3v) is 2.93. The fourth-order valence-electron chi connectivity index (χ4n) is 1.87. The lowest BCUT2D eigenvalue weighted by atomic mass is 10.1. The maximum absolute atomic E-state index is 10.7. The molecule has 0 saturated heterocycles. The molecule has 2 N–H and O–H groups in total. The number of hydrogen-bond acceptors (Lipinski definition) is 3. The van der Waals surface area contributed by atoms with Crippen molar-refractivity contribution in [3.63, 3.8) is 0 Å². The number of halogens is 1. The van der Waals surface area contributed by atoms with Crippen molar-refractivity contribution < 1.29 is 21.9 Å². The van der Waals surface area contributed by atoms with Gasteiger partial charge in [-0.05, 0) is 50.5 Å². The number of phenolic OH excluding ortho intramolecular Hbond substituents is 1. The summed E-state index contributed by atoms with van der Waals surface area (Å²) in [6, 6.07) is 5.93. The number of nitrogens with zero attached hydrogens (tertiary/aromatic N) is 1. The van der Waals surface area contributed by atoms with Crippen molar-refractivity contribution in [1.82, 2.24) is 4.90 Å². The summed E-state index contributed by atoms with van der Waals surface area (Å²) in [5.74, 6) is -0.891. The Morgan fingerprint density at radius 2 is 2.10 bits per heavy atom. The van der Waals surface area contributed by atoms with Crippen LogP contribution in [0.25, 0.3) is 0 Å². The molecule has 0 aromatic heterocycles. The number of hydrogen-bond donors (Lipinski definition) is 2. The van der Waals surface area contributed by atoms with Crippen LogP contribution in [0.1, 0.15) is 39.0 Å². The van der Waals surface area contributed by atoms with Crippen LogP contribution in [0.3, 0.4) is 0 Å². The van der Waals surface area contributed by atoms with Crippen molar-refractivity contribution in [2.45, 2.75) is 39.1 Å². The minimum absolute atomic E-state index is 0. The van der Waals surface area contributed by atoms with Crippen molar-refractivity contribution in [2.24, 2.45) is 0 Å². The van der Waals surface area contributed by atoms with Gasteiger partial charge in [-0.3, -0.25) is 4.79 Å². The summed E-state index contributed by atoms with van der Waals surface area (Å²) >= 11 is 0. The second kappa shape index (κ2) is 9.61. The molecule has 1 aromatic carbocycles. The highest BCUT2D eigenvalue weighted by Crippen LogP contribution is 2.14. The van der Waals surface area contributed by atoms with Crippen LogP contribution in [0.2, 0.25) is 0 Å². The summed E-state index contributed by atoms with van der Waals surface area (Å²) < 4.78 is 38.3. The molecule has 1 unspecified atom stereocenters. The Kier molecular flexibility index (Phi) is 5.48. The van der Waals surface area contributed by atoms with E-state index in [2.05, 4.69) is 0 Å². The Morgan fingerprint density at radius 3 is 2.65 bits per heavy atom. The van der Waals surface area contributed by atoms with E-state index in [4.69, 9.17) is 12.0 Å². The van der Waals surface area contributed by atoms with Crippen LogP contribution in [0.5, 0.6) is 5.75 Å². The van der Waals surface area contributed by atoms with Crippen LogP contribution in [-0.4, -0.2) is 40.2 Å². The normalized spacial score (nSPS) is 17.0. The molecule has 114 valence electrons. The van der Waals surface area contributed by atoms with Gasteiger partial charge in [-0.1, -0.05) is 19.0 Å². The maximum Gasteiger partial charge on any atom is 0.303 e. The highest BCUT2D eigenvalue weighted by atomic mass is 35.5. The van der Waals surface area contributed by atoms with E-state index in [1.54, 1.807) is 19.1 Å². The second-order valence-corrected chi connectivity index (χ2v) is 4.52. The molecule has 4 nitrogen and oxygen atoms in total. The summed E-state index contributed by atoms with van der Waals surface area (Å²) in [6.45, 7) is -3.69. The van der Waals surface area contributed by atoms with Gasteiger partial charge in [0, 0.05) is 19.3 Å². The van der Waals surface area contributed by atoms with Gasteiger partial charge in [0.25, 0.3) is 0 Å². The summed E-state index contributed by atoms with van der Waals surface area (Å²) in [4.78, 5) is 11.9. The van der Waals surface area contributed by atoms with E-state index in [1.165, 1.54) is 17.0 Å². The number of carboxylic acid groups (broad SMARTS) is 1. The lowest BCUT2D eigenvalue weighted by molar-refractivity contribution is -0.137. The number of likely N-dealkylation sites (N-methyl/N-ethyl adjacent to an activating group) is 1. The van der Waals surface area contributed by atoms with Crippen LogP contribution >= 0.6 is 12.4 Å². The first-order chi connectivity index (χ1) is 10.9. The van der Waals surface area contributed by atoms with Crippen molar-refractivity contribution in [3.05, 3.63) is 29.8 Å². The summed E-state index contributed by atoms with van der Waals surface area (Å²) in [7, 11) is 0. The molecule has 20 heavy (non-hydrogen) atoms. The average molecular weight is 307 g/mol. The molecular formula is C15H24ClNO3. The molecule has 0 fully saturated rings. The molecule has 0 aliphatic heterocycles. The fourth-order valence-corrected chi connectivity index (χ4v) is 1.87. The molecule has 5 heteroatoms. The first kappa shape index (κ1) is 11.4. The monoisotopic (exact) mass is 306 g/mol. The molecule has 0 aliphatic rings. The Balaban J connectivity index is 0.00000576. The molecular weight excluding hydrogens is 278 g/mol. The minimum Gasteiger partial charge on any atom is -0.508 e. The van der Waals surface area contributed by atoms with Gasteiger partial charge in [-0.25, -0.2) is 0 Å². The largest absolute Gasteiger partial charge is 0.508 e. The Bertz CT molecular complexity index is 551. The number of aromatic hydroxyl groups is 1. The molecule has 0 aliphatic carbocycles. The topological polar surface area (TPSA) is 60.8 Å². The number of aliphatic carboxylic acids is 1. The quantitative estimate of drug-likeness (QED) is 0.775. The average Bonchev–Trinajstić information content (AvgIpc) is 2.44. The van der Waals surface area contributed by atoms with Crippen LogP contribution in [0, 0.1) is 0 Å². The summed E-state index contributed by atoms with van der Waals surface area (Å²) in [5.41, 5.74) is 0.824. The van der Waals surface area contributed by atoms with E-state index >= 15 is 0 Å². The fraction of sp³-hybridized carbons (Fsp3) is 0.533. The van der Waals surface area contributed by atoms with Gasteiger partial charge in [0.15, 0.2) is 0 Å². The van der Waals surface area contributed by atoms with Gasteiger partial charge in [-0.15, -0.1) is 12.4 Å². The van der Waals surface area contributed by atoms with E-state index in [1.807, 2.05) is 0 Å². The number of rotatable bonds is 8. The molecule has 0 heterocycles. The Hall–Kier alpha value is -1.26. The van der Waals surface area contributed by atoms with Crippen LogP contribution in [0.4, 0.5) is 0 Å². The number of benzene rings is 1. The van der Waals surface area contributed by atoms with Gasteiger partial charge < -0.3 is 15.1 Å². The first-order valence-electron chi connectivity index (χ1n) is 8.71. The van der Waals surface area contributed by atoms with Gasteiger partial charge in [0.2, 0.25) is 0 Å². The minimum atomic E-state index is -2.85. The van der Waals surface area contributed by atoms with Crippen LogP contribution in [-0.2, 0) is 11.2 Å². The Labute approximate surface area is 133 Å². The standard InChI is InChI=1S/C15H23NO3.ClH/c1-3-16(10-4-5-15(18)19)12(2)11-13-6-8-14(17)9-7-13;/h6-9,12,17H,3-5,10-11H2,1-2H3,(H,18,19);1H/i1D3,3D2;. The molecule has 1 rings (SSSR count). The summed E-state index contributed by atoms with van der Waals surface area (Å²) in [6.07, 6.45) is 0.382. The van der Waals surface area contributed by atoms with Crippen molar-refractivity contribution >= 4 is 18.4 Å². The molecule has 0 saturated carbocycles. The van der Waals surface area contributed by atoms with Gasteiger partial charge in [0.1, 0.15) is 5.75 Å². The highest BCUT2D eigenvalue weighted by molar-refractivity contribution is 5.85. The SMILES string of the molecule is Cl.[2H]C([2H])([2H])C([2H])([2H])N(CCCC(=O)O)C(C)Cc1ccc(O)cc1. The molecule has 1 aromatic rings. The second-order valence-electron chi connectivity index (χ2n) is 4.52. The van der Waals surface area contributed by atoms with Crippen molar-refractivity contribution in [1.29, 1.82) is 0 Å². The van der Waals surface area contributed by atoms with E-state index in [-0.39, 0.29) is 37.5 Å². The Morgan fingerprint density at radius 1 is 1.45 bits per heavy atom. The molecule has 0 spiro atoms. The van der Waals surface area contributed by atoms with Gasteiger partial charge in [0.05, 0.1) is 0 Å². The van der Waals surface area contributed by atoms with Crippen LogP contribution < -0.4 is 0 Å². The number of phenols is 1. The number of carbonyl (C=O) groups is 1. The molecule has 0 amide bonds. The number of carboxylic acids is 1. The maximum atomic E-state index is 10.7. The summed E-state index contributed by atoms with van der Waals surface area (Å²) in [5, 5.41) is 18.0.